The molecule has 1 amide bonds. The summed E-state index contributed by atoms with van der Waals surface area (Å²) < 4.78 is 5.31. The predicted octanol–water partition coefficient (Wildman–Crippen LogP) is 3.06. The molecular formula is C16H12ClN3O2. The third-order valence-corrected chi connectivity index (χ3v) is 3.55. The Morgan fingerprint density at radius 3 is 2.64 bits per heavy atom. The minimum Gasteiger partial charge on any atom is -0.493 e. The molecule has 0 saturated heterocycles. The van der Waals surface area contributed by atoms with Gasteiger partial charge in [-0.05, 0) is 23.8 Å². The zero-order chi connectivity index (χ0) is 15.7. The summed E-state index contributed by atoms with van der Waals surface area (Å²) in [6.45, 7) is 0. The molecule has 5 nitrogen and oxygen atoms in total. The highest BCUT2D eigenvalue weighted by molar-refractivity contribution is 6.30. The lowest BCUT2D eigenvalue weighted by Gasteiger charge is -2.11. The summed E-state index contributed by atoms with van der Waals surface area (Å²) in [6.07, 6.45) is 0. The molecule has 3 aromatic rings. The van der Waals surface area contributed by atoms with Gasteiger partial charge in [0, 0.05) is 16.0 Å². The van der Waals surface area contributed by atoms with E-state index in [1.807, 2.05) is 36.4 Å². The second kappa shape index (κ2) is 5.61. The van der Waals surface area contributed by atoms with Crippen molar-refractivity contribution in [1.29, 1.82) is 0 Å². The number of ether oxygens (including phenoxy) is 1. The third-order valence-electron chi connectivity index (χ3n) is 3.32. The molecule has 0 fully saturated rings. The SMILES string of the molecule is COc1c(C(N)=O)nnc2c(-c3cccc(Cl)c3)cccc12. The van der Waals surface area contributed by atoms with E-state index in [1.54, 1.807) is 6.07 Å². The minimum absolute atomic E-state index is 0.0123. The van der Waals surface area contributed by atoms with Crippen LogP contribution in [-0.4, -0.2) is 23.2 Å². The van der Waals surface area contributed by atoms with Gasteiger partial charge in [-0.15, -0.1) is 10.2 Å². The van der Waals surface area contributed by atoms with Crippen molar-refractivity contribution in [1.82, 2.24) is 10.2 Å². The minimum atomic E-state index is -0.681. The van der Waals surface area contributed by atoms with E-state index in [0.717, 1.165) is 11.1 Å². The molecule has 2 aromatic carbocycles. The first-order chi connectivity index (χ1) is 10.6. The smallest absolute Gasteiger partial charge is 0.273 e. The third kappa shape index (κ3) is 2.35. The summed E-state index contributed by atoms with van der Waals surface area (Å²) in [7, 11) is 1.47. The fraction of sp³-hybridized carbons (Fsp3) is 0.0625. The molecule has 22 heavy (non-hydrogen) atoms. The van der Waals surface area contributed by atoms with Crippen LogP contribution in [0.1, 0.15) is 10.5 Å². The Morgan fingerprint density at radius 2 is 1.95 bits per heavy atom. The predicted molar refractivity (Wildman–Crippen MR) is 85.1 cm³/mol. The molecule has 0 aliphatic carbocycles. The van der Waals surface area contributed by atoms with Gasteiger partial charge in [-0.25, -0.2) is 0 Å². The van der Waals surface area contributed by atoms with Crippen molar-refractivity contribution in [3.8, 4) is 16.9 Å². The van der Waals surface area contributed by atoms with E-state index in [4.69, 9.17) is 22.1 Å². The average molecular weight is 314 g/mol. The number of amides is 1. The van der Waals surface area contributed by atoms with Crippen molar-refractivity contribution < 1.29 is 9.53 Å². The number of methoxy groups -OCH3 is 1. The van der Waals surface area contributed by atoms with Gasteiger partial charge in [0.2, 0.25) is 0 Å². The van der Waals surface area contributed by atoms with E-state index >= 15 is 0 Å². The Kier molecular flexibility index (Phi) is 3.65. The van der Waals surface area contributed by atoms with Crippen LogP contribution in [0.2, 0.25) is 5.02 Å². The Hall–Kier alpha value is -2.66. The molecule has 0 atom stereocenters. The second-order valence-corrected chi connectivity index (χ2v) is 5.09. The molecule has 1 heterocycles. The molecule has 0 aliphatic heterocycles. The quantitative estimate of drug-likeness (QED) is 0.806. The zero-order valence-electron chi connectivity index (χ0n) is 11.7. The van der Waals surface area contributed by atoms with Crippen molar-refractivity contribution in [2.45, 2.75) is 0 Å². The monoisotopic (exact) mass is 313 g/mol. The lowest BCUT2D eigenvalue weighted by atomic mass is 10.0. The van der Waals surface area contributed by atoms with E-state index in [-0.39, 0.29) is 5.69 Å². The number of primary amides is 1. The zero-order valence-corrected chi connectivity index (χ0v) is 12.5. The largest absolute Gasteiger partial charge is 0.493 e. The molecule has 2 N–H and O–H groups in total. The van der Waals surface area contributed by atoms with Crippen LogP contribution in [0, 0.1) is 0 Å². The molecule has 0 bridgehead atoms. The number of carbonyl (C=O) groups is 1. The number of nitrogens with zero attached hydrogens (tertiary/aromatic N) is 2. The summed E-state index contributed by atoms with van der Waals surface area (Å²) in [4.78, 5) is 11.4. The Balaban J connectivity index is 2.33. The maximum absolute atomic E-state index is 11.4. The second-order valence-electron chi connectivity index (χ2n) is 4.66. The van der Waals surface area contributed by atoms with Crippen LogP contribution in [-0.2, 0) is 0 Å². The first kappa shape index (κ1) is 14.3. The molecule has 0 unspecified atom stereocenters. The fourth-order valence-corrected chi connectivity index (χ4v) is 2.55. The van der Waals surface area contributed by atoms with Gasteiger partial charge in [-0.1, -0.05) is 35.9 Å². The van der Waals surface area contributed by atoms with Crippen molar-refractivity contribution in [3.05, 3.63) is 53.2 Å². The molecule has 0 radical (unpaired) electrons. The molecule has 6 heteroatoms. The molecule has 1 aromatic heterocycles. The molecule has 3 rings (SSSR count). The topological polar surface area (TPSA) is 78.1 Å². The van der Waals surface area contributed by atoms with E-state index in [0.29, 0.717) is 21.7 Å². The molecule has 0 saturated carbocycles. The lowest BCUT2D eigenvalue weighted by molar-refractivity contribution is 0.0991. The van der Waals surface area contributed by atoms with Crippen molar-refractivity contribution in [2.24, 2.45) is 5.73 Å². The normalized spacial score (nSPS) is 10.6. The number of rotatable bonds is 3. The molecule has 0 aliphatic rings. The van der Waals surface area contributed by atoms with Crippen molar-refractivity contribution in [3.63, 3.8) is 0 Å². The Bertz CT molecular complexity index is 880. The summed E-state index contributed by atoms with van der Waals surface area (Å²) in [5.41, 5.74) is 7.69. The van der Waals surface area contributed by atoms with Crippen molar-refractivity contribution >= 4 is 28.4 Å². The maximum Gasteiger partial charge on any atom is 0.273 e. The highest BCUT2D eigenvalue weighted by Crippen LogP contribution is 2.33. The Morgan fingerprint density at radius 1 is 1.18 bits per heavy atom. The van der Waals surface area contributed by atoms with E-state index < -0.39 is 5.91 Å². The van der Waals surface area contributed by atoms with Crippen molar-refractivity contribution in [2.75, 3.05) is 7.11 Å². The first-order valence-corrected chi connectivity index (χ1v) is 6.88. The molecule has 110 valence electrons. The molecular weight excluding hydrogens is 302 g/mol. The van der Waals surface area contributed by atoms with Crippen LogP contribution in [0.25, 0.3) is 22.0 Å². The highest BCUT2D eigenvalue weighted by Gasteiger charge is 2.17. The van der Waals surface area contributed by atoms with Crippen LogP contribution in [0.3, 0.4) is 0 Å². The summed E-state index contributed by atoms with van der Waals surface area (Å²) >= 11 is 6.05. The van der Waals surface area contributed by atoms with Gasteiger partial charge in [-0.3, -0.25) is 4.79 Å². The average Bonchev–Trinajstić information content (AvgIpc) is 2.52. The van der Waals surface area contributed by atoms with Gasteiger partial charge in [0.15, 0.2) is 11.4 Å². The van der Waals surface area contributed by atoms with Crippen LogP contribution < -0.4 is 10.5 Å². The standard InChI is InChI=1S/C16H12ClN3O2/c1-22-15-12-7-3-6-11(9-4-2-5-10(17)8-9)13(12)19-20-14(15)16(18)21/h2-8H,1H3,(H2,18,21). The number of fused-ring (bicyclic) bond motifs is 1. The summed E-state index contributed by atoms with van der Waals surface area (Å²) in [5, 5.41) is 9.34. The number of nitrogens with two attached hydrogens (primary N) is 1. The van der Waals surface area contributed by atoms with Crippen LogP contribution in [0.5, 0.6) is 5.75 Å². The number of halogens is 1. The van der Waals surface area contributed by atoms with Gasteiger partial charge < -0.3 is 10.5 Å². The van der Waals surface area contributed by atoms with Gasteiger partial charge in [0.05, 0.1) is 7.11 Å². The first-order valence-electron chi connectivity index (χ1n) is 6.51. The van der Waals surface area contributed by atoms with Crippen LogP contribution in [0.15, 0.2) is 42.5 Å². The van der Waals surface area contributed by atoms with Gasteiger partial charge in [0.1, 0.15) is 5.52 Å². The van der Waals surface area contributed by atoms with Crippen LogP contribution in [0.4, 0.5) is 0 Å². The number of benzene rings is 2. The lowest BCUT2D eigenvalue weighted by Crippen LogP contribution is -2.15. The van der Waals surface area contributed by atoms with Gasteiger partial charge >= 0.3 is 0 Å². The van der Waals surface area contributed by atoms with Gasteiger partial charge in [-0.2, -0.15) is 0 Å². The van der Waals surface area contributed by atoms with Crippen LogP contribution >= 0.6 is 11.6 Å². The van der Waals surface area contributed by atoms with Gasteiger partial charge in [0.25, 0.3) is 5.91 Å². The van der Waals surface area contributed by atoms with E-state index in [1.165, 1.54) is 7.11 Å². The summed E-state index contributed by atoms with van der Waals surface area (Å²) in [5.74, 6) is -0.360. The molecule has 0 spiro atoms. The summed E-state index contributed by atoms with van der Waals surface area (Å²) in [6, 6.07) is 13.0. The van der Waals surface area contributed by atoms with E-state index in [9.17, 15) is 4.79 Å². The highest BCUT2D eigenvalue weighted by atomic mass is 35.5. The fourth-order valence-electron chi connectivity index (χ4n) is 2.36. The maximum atomic E-state index is 11.4. The number of hydrogen-bond acceptors (Lipinski definition) is 4. The number of carbonyl (C=O) groups excluding carboxylic acids is 1. The number of hydrogen-bond donors (Lipinski definition) is 1. The van der Waals surface area contributed by atoms with E-state index in [2.05, 4.69) is 10.2 Å². The Labute approximate surface area is 131 Å². The number of aromatic nitrogens is 2.